The van der Waals surface area contributed by atoms with E-state index < -0.39 is 10.0 Å². The minimum Gasteiger partial charge on any atom is -0.492 e. The van der Waals surface area contributed by atoms with Gasteiger partial charge in [-0.25, -0.2) is 23.1 Å². The number of nitrogens with one attached hydrogen (secondary N) is 1. The highest BCUT2D eigenvalue weighted by Gasteiger charge is 2.26. The summed E-state index contributed by atoms with van der Waals surface area (Å²) in [5.74, 6) is 1.30. The molecule has 10 nitrogen and oxygen atoms in total. The van der Waals surface area contributed by atoms with Gasteiger partial charge in [-0.15, -0.1) is 0 Å². The molecule has 2 aromatic heterocycles. The van der Waals surface area contributed by atoms with Crippen LogP contribution >= 0.6 is 0 Å². The fraction of sp³-hybridized carbons (Fsp3) is 0.375. The highest BCUT2D eigenvalue weighted by molar-refractivity contribution is 7.88. The molecule has 3 heterocycles. The van der Waals surface area contributed by atoms with Gasteiger partial charge in [0.1, 0.15) is 18.1 Å². The molecule has 1 amide bonds. The minimum atomic E-state index is -3.26. The molecule has 0 bridgehead atoms. The quantitative estimate of drug-likeness (QED) is 0.445. The van der Waals surface area contributed by atoms with Gasteiger partial charge < -0.3 is 18.8 Å². The normalized spacial score (nSPS) is 14.1. The second-order valence-corrected chi connectivity index (χ2v) is 10.0. The van der Waals surface area contributed by atoms with Crippen molar-refractivity contribution in [2.24, 2.45) is 0 Å². The topological polar surface area (TPSA) is 124 Å². The average Bonchev–Trinajstić information content (AvgIpc) is 3.32. The third-order valence-corrected chi connectivity index (χ3v) is 6.25. The van der Waals surface area contributed by atoms with Crippen LogP contribution in [0.15, 0.2) is 47.0 Å². The van der Waals surface area contributed by atoms with Crippen LogP contribution in [0.5, 0.6) is 11.6 Å². The predicted molar refractivity (Wildman–Crippen MR) is 130 cm³/mol. The lowest BCUT2D eigenvalue weighted by molar-refractivity contribution is 0.0685. The summed E-state index contributed by atoms with van der Waals surface area (Å²) >= 11 is 0. The number of rotatable bonds is 9. The Hall–Kier alpha value is -3.44. The Kier molecular flexibility index (Phi) is 7.67. The monoisotopic (exact) mass is 500 g/mol. The van der Waals surface area contributed by atoms with Crippen molar-refractivity contribution in [3.63, 3.8) is 0 Å². The summed E-state index contributed by atoms with van der Waals surface area (Å²) in [5.41, 5.74) is 1.91. The van der Waals surface area contributed by atoms with Gasteiger partial charge >= 0.3 is 5.91 Å². The summed E-state index contributed by atoms with van der Waals surface area (Å²) < 4.78 is 41.5. The van der Waals surface area contributed by atoms with Crippen LogP contribution in [-0.2, 0) is 10.0 Å². The zero-order chi connectivity index (χ0) is 24.8. The van der Waals surface area contributed by atoms with Crippen LogP contribution in [0.1, 0.15) is 29.9 Å². The number of hydrogen-bond acceptors (Lipinski definition) is 8. The zero-order valence-corrected chi connectivity index (χ0v) is 20.5. The molecule has 0 atom stereocenters. The Balaban J connectivity index is 1.59. The van der Waals surface area contributed by atoms with E-state index in [1.807, 2.05) is 6.07 Å². The maximum absolute atomic E-state index is 13.1. The lowest BCUT2D eigenvalue weighted by Gasteiger charge is -2.25. The number of oxazole rings is 1. The standard InChI is InChI=1S/C24H28N4O6S/c1-32-20-11-8-18(16-25-20)21-22(34-23(27-21)24(29)28-13-4-3-5-14-28)17-6-9-19(10-7-17)33-15-12-26-35(2,30)31/h6-11,16,26H,3-5,12-15H2,1-2H3. The van der Waals surface area contributed by atoms with E-state index in [4.69, 9.17) is 13.9 Å². The molecule has 0 aliphatic carbocycles. The maximum atomic E-state index is 13.1. The summed E-state index contributed by atoms with van der Waals surface area (Å²) in [7, 11) is -1.72. The molecule has 1 aromatic carbocycles. The first kappa shape index (κ1) is 24.7. The molecule has 35 heavy (non-hydrogen) atoms. The Bertz CT molecular complexity index is 1250. The average molecular weight is 501 g/mol. The van der Waals surface area contributed by atoms with E-state index in [0.29, 0.717) is 47.3 Å². The number of nitrogens with zero attached hydrogens (tertiary/aromatic N) is 3. The summed E-state index contributed by atoms with van der Waals surface area (Å²) in [6.07, 6.45) is 5.77. The summed E-state index contributed by atoms with van der Waals surface area (Å²) in [6, 6.07) is 10.6. The van der Waals surface area contributed by atoms with Crippen LogP contribution in [0.4, 0.5) is 0 Å². The van der Waals surface area contributed by atoms with E-state index in [-0.39, 0.29) is 24.9 Å². The van der Waals surface area contributed by atoms with Crippen molar-refractivity contribution in [2.45, 2.75) is 19.3 Å². The van der Waals surface area contributed by atoms with Crippen molar-refractivity contribution in [1.82, 2.24) is 19.6 Å². The number of ether oxygens (including phenoxy) is 2. The summed E-state index contributed by atoms with van der Waals surface area (Å²) in [5, 5.41) is 0. The molecule has 0 saturated carbocycles. The third kappa shape index (κ3) is 6.37. The number of carbonyl (C=O) groups excluding carboxylic acids is 1. The van der Waals surface area contributed by atoms with Crippen LogP contribution in [0, 0.1) is 0 Å². The number of benzene rings is 1. The van der Waals surface area contributed by atoms with E-state index in [1.54, 1.807) is 48.5 Å². The summed E-state index contributed by atoms with van der Waals surface area (Å²) in [6.45, 7) is 1.73. The lowest BCUT2D eigenvalue weighted by Crippen LogP contribution is -2.35. The van der Waals surface area contributed by atoms with Crippen molar-refractivity contribution in [3.05, 3.63) is 48.5 Å². The molecule has 4 rings (SSSR count). The zero-order valence-electron chi connectivity index (χ0n) is 19.7. The second-order valence-electron chi connectivity index (χ2n) is 8.18. The molecule has 0 radical (unpaired) electrons. The summed E-state index contributed by atoms with van der Waals surface area (Å²) in [4.78, 5) is 23.7. The fourth-order valence-corrected chi connectivity index (χ4v) is 4.23. The third-order valence-electron chi connectivity index (χ3n) is 5.52. The molecule has 1 N–H and O–H groups in total. The van der Waals surface area contributed by atoms with E-state index in [1.165, 1.54) is 0 Å². The van der Waals surface area contributed by atoms with Crippen LogP contribution in [0.25, 0.3) is 22.6 Å². The van der Waals surface area contributed by atoms with E-state index in [9.17, 15) is 13.2 Å². The van der Waals surface area contributed by atoms with Gasteiger partial charge in [-0.1, -0.05) is 0 Å². The van der Waals surface area contributed by atoms with Crippen molar-refractivity contribution >= 4 is 15.9 Å². The highest BCUT2D eigenvalue weighted by atomic mass is 32.2. The van der Waals surface area contributed by atoms with Gasteiger partial charge in [-0.05, 0) is 49.6 Å². The van der Waals surface area contributed by atoms with Gasteiger partial charge in [0.05, 0.1) is 13.4 Å². The Labute approximate surface area is 204 Å². The van der Waals surface area contributed by atoms with E-state index in [2.05, 4.69) is 14.7 Å². The number of piperidine rings is 1. The molecule has 1 aliphatic rings. The molecule has 0 unspecified atom stereocenters. The first-order valence-corrected chi connectivity index (χ1v) is 13.2. The fourth-order valence-electron chi connectivity index (χ4n) is 3.77. The first-order chi connectivity index (χ1) is 16.8. The molecule has 1 aliphatic heterocycles. The van der Waals surface area contributed by atoms with Crippen LogP contribution in [0.2, 0.25) is 0 Å². The number of carbonyl (C=O) groups is 1. The van der Waals surface area contributed by atoms with Gasteiger partial charge in [0, 0.05) is 43.0 Å². The molecule has 0 spiro atoms. The molecular weight excluding hydrogens is 472 g/mol. The maximum Gasteiger partial charge on any atom is 0.309 e. The van der Waals surface area contributed by atoms with Crippen LogP contribution in [-0.4, -0.2) is 68.8 Å². The van der Waals surface area contributed by atoms with Gasteiger partial charge in [0.2, 0.25) is 15.9 Å². The van der Waals surface area contributed by atoms with Gasteiger partial charge in [-0.2, -0.15) is 0 Å². The number of aromatic nitrogens is 2. The van der Waals surface area contributed by atoms with E-state index >= 15 is 0 Å². The molecule has 1 fully saturated rings. The first-order valence-electron chi connectivity index (χ1n) is 11.3. The number of sulfonamides is 1. The number of amides is 1. The number of hydrogen-bond donors (Lipinski definition) is 1. The molecule has 11 heteroatoms. The number of methoxy groups -OCH3 is 1. The Morgan fingerprint density at radius 3 is 2.43 bits per heavy atom. The molecule has 186 valence electrons. The smallest absolute Gasteiger partial charge is 0.309 e. The molecular formula is C24H28N4O6S. The van der Waals surface area contributed by atoms with Crippen molar-refractivity contribution in [1.29, 1.82) is 0 Å². The number of likely N-dealkylation sites (tertiary alicyclic amines) is 1. The van der Waals surface area contributed by atoms with Crippen LogP contribution in [0.3, 0.4) is 0 Å². The molecule has 3 aromatic rings. The Morgan fingerprint density at radius 2 is 1.80 bits per heavy atom. The predicted octanol–water partition coefficient (Wildman–Crippen LogP) is 2.97. The number of pyridine rings is 1. The highest BCUT2D eigenvalue weighted by Crippen LogP contribution is 2.34. The minimum absolute atomic E-state index is 0.0416. The van der Waals surface area contributed by atoms with Gasteiger partial charge in [0.15, 0.2) is 5.76 Å². The van der Waals surface area contributed by atoms with Gasteiger partial charge in [0.25, 0.3) is 5.89 Å². The lowest BCUT2D eigenvalue weighted by atomic mass is 10.1. The van der Waals surface area contributed by atoms with Crippen LogP contribution < -0.4 is 14.2 Å². The Morgan fingerprint density at radius 1 is 1.09 bits per heavy atom. The van der Waals surface area contributed by atoms with Crippen molar-refractivity contribution < 1.29 is 27.1 Å². The SMILES string of the molecule is COc1ccc(-c2nc(C(=O)N3CCCCC3)oc2-c2ccc(OCCNS(C)(=O)=O)cc2)cn1. The van der Waals surface area contributed by atoms with Gasteiger partial charge in [-0.3, -0.25) is 4.79 Å². The molecule has 1 saturated heterocycles. The largest absolute Gasteiger partial charge is 0.492 e. The van der Waals surface area contributed by atoms with Crippen molar-refractivity contribution in [3.8, 4) is 34.2 Å². The second kappa shape index (κ2) is 10.9. The van der Waals surface area contributed by atoms with Crippen molar-refractivity contribution in [2.75, 3.05) is 39.6 Å². The van der Waals surface area contributed by atoms with E-state index in [0.717, 1.165) is 25.5 Å².